The molecule has 1 rings (SSSR count). The number of carbonyl (C=O) groups is 2. The average molecular weight is 276 g/mol. The number of nitrogens with one attached hydrogen (secondary N) is 2. The van der Waals surface area contributed by atoms with Gasteiger partial charge in [0.2, 0.25) is 5.91 Å². The van der Waals surface area contributed by atoms with Crippen LogP contribution in [0.15, 0.2) is 24.3 Å². The van der Waals surface area contributed by atoms with Crippen LogP contribution in [0.4, 0.5) is 5.69 Å². The molecule has 0 saturated carbocycles. The number of benzene rings is 1. The van der Waals surface area contributed by atoms with Crippen molar-refractivity contribution in [2.75, 3.05) is 11.9 Å². The first-order chi connectivity index (χ1) is 9.69. The highest BCUT2D eigenvalue weighted by Crippen LogP contribution is 2.15. The van der Waals surface area contributed by atoms with Gasteiger partial charge in [0.15, 0.2) is 0 Å². The van der Waals surface area contributed by atoms with Crippen molar-refractivity contribution in [3.8, 4) is 0 Å². The van der Waals surface area contributed by atoms with E-state index in [1.807, 2.05) is 13.0 Å². The molecule has 0 aliphatic carbocycles. The van der Waals surface area contributed by atoms with Crippen molar-refractivity contribution >= 4 is 17.5 Å². The van der Waals surface area contributed by atoms with E-state index in [0.29, 0.717) is 24.2 Å². The summed E-state index contributed by atoms with van der Waals surface area (Å²) in [5, 5.41) is 5.68. The number of para-hydroxylation sites is 1. The minimum absolute atomic E-state index is 0.0411. The zero-order valence-electron chi connectivity index (χ0n) is 12.4. The smallest absolute Gasteiger partial charge is 0.253 e. The molecule has 2 amide bonds. The molecule has 0 aromatic heterocycles. The molecule has 1 aromatic carbocycles. The monoisotopic (exact) mass is 276 g/mol. The zero-order chi connectivity index (χ0) is 14.8. The molecule has 0 atom stereocenters. The summed E-state index contributed by atoms with van der Waals surface area (Å²) in [4.78, 5) is 23.8. The van der Waals surface area contributed by atoms with Gasteiger partial charge in [0.05, 0.1) is 11.3 Å². The van der Waals surface area contributed by atoms with E-state index in [9.17, 15) is 9.59 Å². The number of hydrogen-bond donors (Lipinski definition) is 2. The van der Waals surface area contributed by atoms with Crippen molar-refractivity contribution in [3.63, 3.8) is 0 Å². The van der Waals surface area contributed by atoms with Crippen LogP contribution >= 0.6 is 0 Å². The van der Waals surface area contributed by atoms with Crippen molar-refractivity contribution in [3.05, 3.63) is 29.8 Å². The second-order valence-corrected chi connectivity index (χ2v) is 4.81. The van der Waals surface area contributed by atoms with Crippen LogP contribution in [0.25, 0.3) is 0 Å². The van der Waals surface area contributed by atoms with E-state index in [1.165, 1.54) is 0 Å². The van der Waals surface area contributed by atoms with E-state index in [4.69, 9.17) is 0 Å². The van der Waals surface area contributed by atoms with E-state index < -0.39 is 0 Å². The molecule has 0 bridgehead atoms. The third-order valence-corrected chi connectivity index (χ3v) is 3.02. The lowest BCUT2D eigenvalue weighted by atomic mass is 10.1. The highest BCUT2D eigenvalue weighted by molar-refractivity contribution is 6.03. The molecule has 0 aliphatic heterocycles. The van der Waals surface area contributed by atoms with Crippen molar-refractivity contribution in [1.82, 2.24) is 5.32 Å². The first kappa shape index (κ1) is 16.2. The van der Waals surface area contributed by atoms with E-state index in [-0.39, 0.29) is 11.8 Å². The Morgan fingerprint density at radius 1 is 1.05 bits per heavy atom. The Hall–Kier alpha value is -1.84. The van der Waals surface area contributed by atoms with Gasteiger partial charge in [0.1, 0.15) is 0 Å². The van der Waals surface area contributed by atoms with Gasteiger partial charge in [-0.3, -0.25) is 9.59 Å². The van der Waals surface area contributed by atoms with Gasteiger partial charge in [-0.15, -0.1) is 0 Å². The maximum atomic E-state index is 12.1. The summed E-state index contributed by atoms with van der Waals surface area (Å²) in [7, 11) is 0. The van der Waals surface area contributed by atoms with E-state index in [1.54, 1.807) is 18.2 Å². The van der Waals surface area contributed by atoms with Crippen LogP contribution in [0, 0.1) is 0 Å². The first-order valence-electron chi connectivity index (χ1n) is 7.36. The maximum Gasteiger partial charge on any atom is 0.253 e. The Kier molecular flexibility index (Phi) is 7.40. The molecule has 4 nitrogen and oxygen atoms in total. The van der Waals surface area contributed by atoms with E-state index >= 15 is 0 Å². The standard InChI is InChI=1S/C16H24N2O2/c1-3-5-11-15(19)18-14-10-8-7-9-13(14)16(20)17-12-6-4-2/h7-10H,3-6,11-12H2,1-2H3,(H,17,20)(H,18,19). The number of rotatable bonds is 8. The molecule has 0 radical (unpaired) electrons. The Morgan fingerprint density at radius 2 is 1.75 bits per heavy atom. The minimum Gasteiger partial charge on any atom is -0.352 e. The van der Waals surface area contributed by atoms with Crippen molar-refractivity contribution < 1.29 is 9.59 Å². The predicted molar refractivity (Wildman–Crippen MR) is 81.8 cm³/mol. The van der Waals surface area contributed by atoms with Gasteiger partial charge in [-0.25, -0.2) is 0 Å². The number of unbranched alkanes of at least 4 members (excludes halogenated alkanes) is 2. The number of anilines is 1. The summed E-state index contributed by atoms with van der Waals surface area (Å²) in [6.45, 7) is 4.78. The molecule has 0 fully saturated rings. The Bertz CT molecular complexity index is 444. The summed E-state index contributed by atoms with van der Waals surface area (Å²) in [5.74, 6) is -0.175. The lowest BCUT2D eigenvalue weighted by Crippen LogP contribution is -2.26. The highest BCUT2D eigenvalue weighted by atomic mass is 16.2. The van der Waals surface area contributed by atoms with E-state index in [0.717, 1.165) is 25.7 Å². The topological polar surface area (TPSA) is 58.2 Å². The SMILES string of the molecule is CCCCNC(=O)c1ccccc1NC(=O)CCCC. The molecule has 4 heteroatoms. The third kappa shape index (κ3) is 5.43. The molecular formula is C16H24N2O2. The van der Waals surface area contributed by atoms with Crippen molar-refractivity contribution in [1.29, 1.82) is 0 Å². The van der Waals surface area contributed by atoms with Crippen molar-refractivity contribution in [2.45, 2.75) is 46.0 Å². The third-order valence-electron chi connectivity index (χ3n) is 3.02. The van der Waals surface area contributed by atoms with Crippen LogP contribution in [0.5, 0.6) is 0 Å². The van der Waals surface area contributed by atoms with Gasteiger partial charge in [-0.2, -0.15) is 0 Å². The van der Waals surface area contributed by atoms with E-state index in [2.05, 4.69) is 17.6 Å². The number of carbonyl (C=O) groups excluding carboxylic acids is 2. The largest absolute Gasteiger partial charge is 0.352 e. The summed E-state index contributed by atoms with van der Waals surface area (Å²) < 4.78 is 0. The fourth-order valence-electron chi connectivity index (χ4n) is 1.81. The molecular weight excluding hydrogens is 252 g/mol. The number of amides is 2. The molecule has 0 aliphatic rings. The average Bonchev–Trinajstić information content (AvgIpc) is 2.46. The normalized spacial score (nSPS) is 10.1. The molecule has 0 unspecified atom stereocenters. The van der Waals surface area contributed by atoms with Crippen LogP contribution in [0.3, 0.4) is 0 Å². The van der Waals surface area contributed by atoms with Crippen LogP contribution in [-0.2, 0) is 4.79 Å². The number of hydrogen-bond acceptors (Lipinski definition) is 2. The van der Waals surface area contributed by atoms with Gasteiger partial charge < -0.3 is 10.6 Å². The molecule has 20 heavy (non-hydrogen) atoms. The summed E-state index contributed by atoms with van der Waals surface area (Å²) >= 11 is 0. The van der Waals surface area contributed by atoms with Crippen LogP contribution in [0.2, 0.25) is 0 Å². The second-order valence-electron chi connectivity index (χ2n) is 4.81. The molecule has 0 heterocycles. The van der Waals surface area contributed by atoms with Crippen LogP contribution in [0.1, 0.15) is 56.3 Å². The van der Waals surface area contributed by atoms with Gasteiger partial charge in [-0.1, -0.05) is 38.8 Å². The quantitative estimate of drug-likeness (QED) is 0.715. The summed E-state index contributed by atoms with van der Waals surface area (Å²) in [6.07, 6.45) is 4.32. The van der Waals surface area contributed by atoms with Crippen LogP contribution < -0.4 is 10.6 Å². The van der Waals surface area contributed by atoms with Crippen LogP contribution in [-0.4, -0.2) is 18.4 Å². The Morgan fingerprint density at radius 3 is 2.45 bits per heavy atom. The molecule has 2 N–H and O–H groups in total. The molecule has 110 valence electrons. The molecule has 0 spiro atoms. The zero-order valence-corrected chi connectivity index (χ0v) is 12.4. The Balaban J connectivity index is 2.67. The second kappa shape index (κ2) is 9.13. The fourth-order valence-corrected chi connectivity index (χ4v) is 1.81. The first-order valence-corrected chi connectivity index (χ1v) is 7.36. The maximum absolute atomic E-state index is 12.1. The van der Waals surface area contributed by atoms with Gasteiger partial charge >= 0.3 is 0 Å². The summed E-state index contributed by atoms with van der Waals surface area (Å²) in [6, 6.07) is 7.12. The van der Waals surface area contributed by atoms with Gasteiger partial charge in [0, 0.05) is 13.0 Å². The minimum atomic E-state index is -0.134. The summed E-state index contributed by atoms with van der Waals surface area (Å²) in [5.41, 5.74) is 1.11. The van der Waals surface area contributed by atoms with Gasteiger partial charge in [0.25, 0.3) is 5.91 Å². The lowest BCUT2D eigenvalue weighted by Gasteiger charge is -2.11. The van der Waals surface area contributed by atoms with Gasteiger partial charge in [-0.05, 0) is 25.0 Å². The van der Waals surface area contributed by atoms with Crippen molar-refractivity contribution in [2.24, 2.45) is 0 Å². The highest BCUT2D eigenvalue weighted by Gasteiger charge is 2.12. The molecule has 1 aromatic rings. The predicted octanol–water partition coefficient (Wildman–Crippen LogP) is 3.35. The Labute approximate surface area is 121 Å². The molecule has 0 saturated heterocycles. The fraction of sp³-hybridized carbons (Fsp3) is 0.500. The lowest BCUT2D eigenvalue weighted by molar-refractivity contribution is -0.116.